The van der Waals surface area contributed by atoms with Crippen molar-refractivity contribution in [3.8, 4) is 6.07 Å². The van der Waals surface area contributed by atoms with Crippen LogP contribution in [0.25, 0.3) is 0 Å². The summed E-state index contributed by atoms with van der Waals surface area (Å²) in [5.41, 5.74) is -1.09. The molecule has 1 N–H and O–H groups in total. The number of nitriles is 1. The minimum atomic E-state index is -4.29. The monoisotopic (exact) mass is 236 g/mol. The van der Waals surface area contributed by atoms with E-state index in [0.29, 0.717) is 25.9 Å². The molecule has 6 heteroatoms. The van der Waals surface area contributed by atoms with Gasteiger partial charge in [0.2, 0.25) is 0 Å². The Morgan fingerprint density at radius 3 is 2.75 bits per heavy atom. The highest BCUT2D eigenvalue weighted by atomic mass is 19.4. The summed E-state index contributed by atoms with van der Waals surface area (Å²) in [6.45, 7) is 1.09. The highest BCUT2D eigenvalue weighted by molar-refractivity contribution is 5.09. The molecule has 0 spiro atoms. The third-order valence-corrected chi connectivity index (χ3v) is 2.76. The standard InChI is InChI=1S/C10H15F3N2O/c1-2-8-5-9(6-14,3-4-16-8)15-7-10(11,12)13/h8,15H,2-5,7H2,1H3. The molecule has 1 aliphatic heterocycles. The zero-order chi connectivity index (χ0) is 12.2. The third-order valence-electron chi connectivity index (χ3n) is 2.76. The molecule has 16 heavy (non-hydrogen) atoms. The molecule has 0 amide bonds. The highest BCUT2D eigenvalue weighted by Crippen LogP contribution is 2.27. The lowest BCUT2D eigenvalue weighted by atomic mass is 9.87. The molecule has 0 radical (unpaired) electrons. The normalized spacial score (nSPS) is 31.1. The van der Waals surface area contributed by atoms with Gasteiger partial charge >= 0.3 is 6.18 Å². The molecule has 0 aromatic heterocycles. The Morgan fingerprint density at radius 2 is 2.25 bits per heavy atom. The van der Waals surface area contributed by atoms with Gasteiger partial charge in [-0.25, -0.2) is 0 Å². The van der Waals surface area contributed by atoms with Crippen molar-refractivity contribution < 1.29 is 17.9 Å². The molecule has 92 valence electrons. The summed E-state index contributed by atoms with van der Waals surface area (Å²) in [5.74, 6) is 0. The zero-order valence-corrected chi connectivity index (χ0v) is 9.10. The number of ether oxygens (including phenoxy) is 1. The maximum atomic E-state index is 12.1. The van der Waals surface area contributed by atoms with Crippen molar-refractivity contribution in [2.75, 3.05) is 13.2 Å². The molecule has 0 saturated carbocycles. The largest absolute Gasteiger partial charge is 0.401 e. The van der Waals surface area contributed by atoms with Crippen LogP contribution in [0, 0.1) is 11.3 Å². The van der Waals surface area contributed by atoms with Crippen LogP contribution >= 0.6 is 0 Å². The third kappa shape index (κ3) is 3.65. The molecule has 3 nitrogen and oxygen atoms in total. The van der Waals surface area contributed by atoms with Gasteiger partial charge in [0.15, 0.2) is 0 Å². The van der Waals surface area contributed by atoms with Crippen LogP contribution < -0.4 is 5.32 Å². The number of alkyl halides is 3. The van der Waals surface area contributed by atoms with Crippen molar-refractivity contribution in [3.63, 3.8) is 0 Å². The number of hydrogen-bond acceptors (Lipinski definition) is 3. The van der Waals surface area contributed by atoms with Gasteiger partial charge < -0.3 is 4.74 Å². The molecule has 1 heterocycles. The Hall–Kier alpha value is -0.800. The summed E-state index contributed by atoms with van der Waals surface area (Å²) in [6, 6.07) is 1.96. The molecule has 1 aliphatic rings. The van der Waals surface area contributed by atoms with E-state index in [1.807, 2.05) is 13.0 Å². The maximum absolute atomic E-state index is 12.1. The smallest absolute Gasteiger partial charge is 0.378 e. The SMILES string of the molecule is CCC1CC(C#N)(NCC(F)(F)F)CCO1. The van der Waals surface area contributed by atoms with E-state index in [2.05, 4.69) is 5.32 Å². The number of nitrogens with zero attached hydrogens (tertiary/aromatic N) is 1. The maximum Gasteiger partial charge on any atom is 0.401 e. The van der Waals surface area contributed by atoms with E-state index in [-0.39, 0.29) is 6.10 Å². The average Bonchev–Trinajstić information content (AvgIpc) is 2.26. The Bertz CT molecular complexity index is 274. The summed E-state index contributed by atoms with van der Waals surface area (Å²) in [5, 5.41) is 11.3. The van der Waals surface area contributed by atoms with Crippen molar-refractivity contribution in [2.24, 2.45) is 0 Å². The van der Waals surface area contributed by atoms with Crippen LogP contribution in [-0.2, 0) is 4.74 Å². The van der Waals surface area contributed by atoms with E-state index in [4.69, 9.17) is 10.00 Å². The molecule has 0 aromatic carbocycles. The predicted octanol–water partition coefficient (Wildman–Crippen LogP) is 1.99. The Balaban J connectivity index is 2.60. The first-order valence-electron chi connectivity index (χ1n) is 5.25. The van der Waals surface area contributed by atoms with E-state index in [1.165, 1.54) is 0 Å². The second kappa shape index (κ2) is 5.02. The average molecular weight is 236 g/mol. The Kier molecular flexibility index (Phi) is 4.16. The molecule has 2 atom stereocenters. The van der Waals surface area contributed by atoms with Crippen LogP contribution in [0.3, 0.4) is 0 Å². The summed E-state index contributed by atoms with van der Waals surface area (Å²) >= 11 is 0. The van der Waals surface area contributed by atoms with E-state index >= 15 is 0 Å². The highest BCUT2D eigenvalue weighted by Gasteiger charge is 2.39. The summed E-state index contributed by atoms with van der Waals surface area (Å²) in [7, 11) is 0. The van der Waals surface area contributed by atoms with Crippen molar-refractivity contribution in [2.45, 2.75) is 44.0 Å². The van der Waals surface area contributed by atoms with Crippen molar-refractivity contribution in [1.82, 2.24) is 5.32 Å². The van der Waals surface area contributed by atoms with Gasteiger partial charge in [-0.2, -0.15) is 18.4 Å². The summed E-state index contributed by atoms with van der Waals surface area (Å²) < 4.78 is 41.6. The lowest BCUT2D eigenvalue weighted by Crippen LogP contribution is -2.53. The quantitative estimate of drug-likeness (QED) is 0.815. The minimum Gasteiger partial charge on any atom is -0.378 e. The Labute approximate surface area is 92.6 Å². The van der Waals surface area contributed by atoms with Crippen LogP contribution in [0.5, 0.6) is 0 Å². The molecule has 0 aliphatic carbocycles. The minimum absolute atomic E-state index is 0.130. The van der Waals surface area contributed by atoms with Crippen molar-refractivity contribution in [1.29, 1.82) is 5.26 Å². The van der Waals surface area contributed by atoms with E-state index in [1.54, 1.807) is 0 Å². The van der Waals surface area contributed by atoms with Crippen molar-refractivity contribution >= 4 is 0 Å². The molecule has 0 aromatic rings. The van der Waals surface area contributed by atoms with Crippen LogP contribution in [0.1, 0.15) is 26.2 Å². The van der Waals surface area contributed by atoms with E-state index in [0.717, 1.165) is 0 Å². The van der Waals surface area contributed by atoms with Gasteiger partial charge in [-0.05, 0) is 6.42 Å². The lowest BCUT2D eigenvalue weighted by molar-refractivity contribution is -0.131. The van der Waals surface area contributed by atoms with Gasteiger partial charge in [0.1, 0.15) is 5.54 Å². The molecule has 2 unspecified atom stereocenters. The van der Waals surface area contributed by atoms with Gasteiger partial charge in [-0.3, -0.25) is 5.32 Å². The fourth-order valence-electron chi connectivity index (χ4n) is 1.78. The first-order chi connectivity index (χ1) is 7.41. The lowest BCUT2D eigenvalue weighted by Gasteiger charge is -2.36. The fourth-order valence-corrected chi connectivity index (χ4v) is 1.78. The van der Waals surface area contributed by atoms with Gasteiger partial charge in [-0.15, -0.1) is 0 Å². The van der Waals surface area contributed by atoms with E-state index in [9.17, 15) is 13.2 Å². The molecule has 1 fully saturated rings. The van der Waals surface area contributed by atoms with Gasteiger partial charge in [0.05, 0.1) is 18.7 Å². The van der Waals surface area contributed by atoms with Gasteiger partial charge in [0, 0.05) is 19.4 Å². The summed E-state index contributed by atoms with van der Waals surface area (Å²) in [4.78, 5) is 0. The predicted molar refractivity (Wildman–Crippen MR) is 51.7 cm³/mol. The number of nitrogens with one attached hydrogen (secondary N) is 1. The first-order valence-corrected chi connectivity index (χ1v) is 5.25. The second-order valence-electron chi connectivity index (χ2n) is 4.02. The molecular formula is C10H15F3N2O. The van der Waals surface area contributed by atoms with Crippen LogP contribution in [0.2, 0.25) is 0 Å². The second-order valence-corrected chi connectivity index (χ2v) is 4.02. The molecule has 1 saturated heterocycles. The van der Waals surface area contributed by atoms with Gasteiger partial charge in [0.25, 0.3) is 0 Å². The number of halogens is 3. The van der Waals surface area contributed by atoms with Gasteiger partial charge in [-0.1, -0.05) is 6.92 Å². The van der Waals surface area contributed by atoms with Crippen LogP contribution in [-0.4, -0.2) is 31.0 Å². The molecule has 0 bridgehead atoms. The number of rotatable bonds is 3. The molecular weight excluding hydrogens is 221 g/mol. The van der Waals surface area contributed by atoms with Crippen LogP contribution in [0.15, 0.2) is 0 Å². The summed E-state index contributed by atoms with van der Waals surface area (Å²) in [6.07, 6.45) is -3.10. The van der Waals surface area contributed by atoms with E-state index < -0.39 is 18.3 Å². The van der Waals surface area contributed by atoms with Crippen molar-refractivity contribution in [3.05, 3.63) is 0 Å². The zero-order valence-electron chi connectivity index (χ0n) is 9.10. The Morgan fingerprint density at radius 1 is 1.56 bits per heavy atom. The fraction of sp³-hybridized carbons (Fsp3) is 0.900. The first kappa shape index (κ1) is 13.3. The molecule has 1 rings (SSSR count). The topological polar surface area (TPSA) is 45.0 Å². The van der Waals surface area contributed by atoms with Crippen LogP contribution in [0.4, 0.5) is 13.2 Å². The number of hydrogen-bond donors (Lipinski definition) is 1.